The lowest BCUT2D eigenvalue weighted by molar-refractivity contribution is -0.121. The van der Waals surface area contributed by atoms with Gasteiger partial charge < -0.3 is 19.6 Å². The number of aliphatic hydroxyl groups is 1. The fourth-order valence-corrected chi connectivity index (χ4v) is 3.87. The number of hydrogen-bond acceptors (Lipinski definition) is 6. The van der Waals surface area contributed by atoms with Gasteiger partial charge in [0.25, 0.3) is 5.91 Å². The van der Waals surface area contributed by atoms with E-state index in [9.17, 15) is 14.7 Å². The molecule has 0 aliphatic carbocycles. The first-order chi connectivity index (χ1) is 15.3. The van der Waals surface area contributed by atoms with Crippen molar-refractivity contribution in [2.24, 2.45) is 5.92 Å². The topological polar surface area (TPSA) is 73.3 Å². The number of anilines is 2. The van der Waals surface area contributed by atoms with Gasteiger partial charge in [-0.05, 0) is 54.9 Å². The summed E-state index contributed by atoms with van der Waals surface area (Å²) in [5, 5.41) is 10.5. The Hall–Kier alpha value is -3.32. The third-order valence-corrected chi connectivity index (χ3v) is 5.76. The van der Waals surface area contributed by atoms with Gasteiger partial charge in [-0.25, -0.2) is 4.90 Å². The molecule has 0 aromatic heterocycles. The van der Waals surface area contributed by atoms with E-state index in [4.69, 9.17) is 4.74 Å². The van der Waals surface area contributed by atoms with Crippen molar-refractivity contribution in [2.75, 3.05) is 49.6 Å². The van der Waals surface area contributed by atoms with E-state index in [-0.39, 0.29) is 5.57 Å². The summed E-state index contributed by atoms with van der Waals surface area (Å²) in [5.41, 5.74) is 1.98. The van der Waals surface area contributed by atoms with Crippen molar-refractivity contribution >= 4 is 28.8 Å². The van der Waals surface area contributed by atoms with E-state index >= 15 is 0 Å². The van der Waals surface area contributed by atoms with Crippen molar-refractivity contribution in [1.29, 1.82) is 0 Å². The molecular weight excluding hydrogens is 406 g/mol. The third kappa shape index (κ3) is 4.34. The molecule has 1 saturated heterocycles. The van der Waals surface area contributed by atoms with Gasteiger partial charge in [0.05, 0.1) is 17.9 Å². The number of carbonyl (C=O) groups is 2. The van der Waals surface area contributed by atoms with Crippen molar-refractivity contribution in [3.63, 3.8) is 0 Å². The molecule has 1 N–H and O–H groups in total. The van der Waals surface area contributed by atoms with Crippen LogP contribution in [-0.2, 0) is 9.59 Å². The second-order valence-electron chi connectivity index (χ2n) is 8.71. The zero-order valence-electron chi connectivity index (χ0n) is 18.7. The van der Waals surface area contributed by atoms with Crippen molar-refractivity contribution in [3.8, 4) is 5.75 Å². The number of likely N-dealkylation sites (N-methyl/N-ethyl adjacent to an activating group) is 1. The zero-order valence-corrected chi connectivity index (χ0v) is 18.7. The van der Waals surface area contributed by atoms with E-state index in [2.05, 4.69) is 30.7 Å². The Balaban J connectivity index is 1.50. The lowest BCUT2D eigenvalue weighted by atomic mass is 10.1. The van der Waals surface area contributed by atoms with E-state index in [1.54, 1.807) is 36.4 Å². The van der Waals surface area contributed by atoms with Crippen LogP contribution in [0.1, 0.15) is 19.4 Å². The Labute approximate surface area is 188 Å². The van der Waals surface area contributed by atoms with Crippen LogP contribution in [0.4, 0.5) is 11.4 Å². The van der Waals surface area contributed by atoms with E-state index in [1.165, 1.54) is 0 Å². The minimum absolute atomic E-state index is 0.00792. The molecule has 0 atom stereocenters. The minimum Gasteiger partial charge on any atom is -0.502 e. The first-order valence-corrected chi connectivity index (χ1v) is 10.9. The molecule has 2 aliphatic rings. The lowest BCUT2D eigenvalue weighted by Gasteiger charge is -2.34. The average molecular weight is 436 g/mol. The van der Waals surface area contributed by atoms with Crippen LogP contribution >= 0.6 is 0 Å². The van der Waals surface area contributed by atoms with Crippen LogP contribution in [-0.4, -0.2) is 61.7 Å². The summed E-state index contributed by atoms with van der Waals surface area (Å²) in [7, 11) is 2.11. The van der Waals surface area contributed by atoms with Gasteiger partial charge in [-0.3, -0.25) is 9.59 Å². The summed E-state index contributed by atoms with van der Waals surface area (Å²) in [4.78, 5) is 31.4. The van der Waals surface area contributed by atoms with Gasteiger partial charge in [0, 0.05) is 31.9 Å². The first kappa shape index (κ1) is 21.9. The van der Waals surface area contributed by atoms with Crippen LogP contribution in [0.25, 0.3) is 5.57 Å². The van der Waals surface area contributed by atoms with Gasteiger partial charge in [-0.2, -0.15) is 0 Å². The van der Waals surface area contributed by atoms with E-state index in [0.717, 1.165) is 36.8 Å². The second kappa shape index (κ2) is 9.04. The van der Waals surface area contributed by atoms with Gasteiger partial charge in [0.1, 0.15) is 5.75 Å². The quantitative estimate of drug-likeness (QED) is 0.702. The molecule has 2 heterocycles. The molecule has 1 fully saturated rings. The molecule has 32 heavy (non-hydrogen) atoms. The van der Waals surface area contributed by atoms with Gasteiger partial charge in [0.2, 0.25) is 0 Å². The average Bonchev–Trinajstić information content (AvgIpc) is 3.01. The monoisotopic (exact) mass is 435 g/mol. The van der Waals surface area contributed by atoms with Crippen molar-refractivity contribution in [3.05, 3.63) is 59.9 Å². The highest BCUT2D eigenvalue weighted by molar-refractivity contribution is 6.44. The maximum Gasteiger partial charge on any atom is 0.301 e. The van der Waals surface area contributed by atoms with E-state index < -0.39 is 17.6 Å². The van der Waals surface area contributed by atoms with Crippen LogP contribution in [0.15, 0.2) is 54.3 Å². The number of amides is 2. The predicted octanol–water partition coefficient (Wildman–Crippen LogP) is 3.32. The number of benzene rings is 2. The fourth-order valence-electron chi connectivity index (χ4n) is 3.87. The van der Waals surface area contributed by atoms with Gasteiger partial charge >= 0.3 is 5.91 Å². The summed E-state index contributed by atoms with van der Waals surface area (Å²) in [6, 6.07) is 14.2. The molecule has 0 spiro atoms. The Morgan fingerprint density at radius 3 is 2.06 bits per heavy atom. The second-order valence-corrected chi connectivity index (χ2v) is 8.71. The number of ether oxygens (including phenoxy) is 1. The van der Waals surface area contributed by atoms with E-state index in [1.807, 2.05) is 12.1 Å². The van der Waals surface area contributed by atoms with Crippen molar-refractivity contribution in [1.82, 2.24) is 4.90 Å². The highest BCUT2D eigenvalue weighted by atomic mass is 16.5. The molecule has 2 amide bonds. The number of rotatable bonds is 6. The Morgan fingerprint density at radius 2 is 1.47 bits per heavy atom. The molecular formula is C25H29N3O4. The largest absolute Gasteiger partial charge is 0.502 e. The molecule has 7 heteroatoms. The maximum absolute atomic E-state index is 13.1. The molecule has 168 valence electrons. The standard InChI is InChI=1S/C25H29N3O4/c1-17(2)16-32-21-10-4-18(5-11-21)22-23(29)25(31)28(24(22)30)20-8-6-19(7-9-20)27-14-12-26(3)13-15-27/h4-11,17,29H,12-16H2,1-3H3. The lowest BCUT2D eigenvalue weighted by Crippen LogP contribution is -2.44. The number of imide groups is 1. The smallest absolute Gasteiger partial charge is 0.301 e. The SMILES string of the molecule is CC(C)COc1ccc(C2=C(O)C(=O)N(c3ccc(N4CCN(C)CC4)cc3)C2=O)cc1. The van der Waals surface area contributed by atoms with Crippen molar-refractivity contribution < 1.29 is 19.4 Å². The highest BCUT2D eigenvalue weighted by Gasteiger charge is 2.40. The molecule has 7 nitrogen and oxygen atoms in total. The molecule has 2 aromatic rings. The number of aliphatic hydroxyl groups excluding tert-OH is 1. The third-order valence-electron chi connectivity index (χ3n) is 5.76. The Bertz CT molecular complexity index is 1020. The number of piperazine rings is 1. The van der Waals surface area contributed by atoms with Crippen molar-refractivity contribution in [2.45, 2.75) is 13.8 Å². The molecule has 4 rings (SSSR count). The number of carbonyl (C=O) groups excluding carboxylic acids is 2. The van der Waals surface area contributed by atoms with Crippen LogP contribution in [0.2, 0.25) is 0 Å². The number of hydrogen-bond donors (Lipinski definition) is 1. The molecule has 0 saturated carbocycles. The van der Waals surface area contributed by atoms with Crippen LogP contribution in [0.3, 0.4) is 0 Å². The number of nitrogens with zero attached hydrogens (tertiary/aromatic N) is 3. The van der Waals surface area contributed by atoms with Crippen LogP contribution in [0, 0.1) is 5.92 Å². The van der Waals surface area contributed by atoms with Gasteiger partial charge in [-0.1, -0.05) is 26.0 Å². The summed E-state index contributed by atoms with van der Waals surface area (Å²) < 4.78 is 5.67. The fraction of sp³-hybridized carbons (Fsp3) is 0.360. The molecule has 0 radical (unpaired) electrons. The van der Waals surface area contributed by atoms with Gasteiger partial charge in [0.15, 0.2) is 5.76 Å². The maximum atomic E-state index is 13.1. The Morgan fingerprint density at radius 1 is 0.875 bits per heavy atom. The molecule has 2 aromatic carbocycles. The van der Waals surface area contributed by atoms with Gasteiger partial charge in [-0.15, -0.1) is 0 Å². The van der Waals surface area contributed by atoms with Crippen LogP contribution < -0.4 is 14.5 Å². The molecule has 0 unspecified atom stereocenters. The highest BCUT2D eigenvalue weighted by Crippen LogP contribution is 2.33. The summed E-state index contributed by atoms with van der Waals surface area (Å²) in [5.74, 6) is -0.704. The van der Waals surface area contributed by atoms with Crippen LogP contribution in [0.5, 0.6) is 5.75 Å². The normalized spacial score (nSPS) is 17.6. The Kier molecular flexibility index (Phi) is 6.19. The first-order valence-electron chi connectivity index (χ1n) is 10.9. The summed E-state index contributed by atoms with van der Waals surface area (Å²) >= 11 is 0. The predicted molar refractivity (Wildman–Crippen MR) is 125 cm³/mol. The molecule has 2 aliphatic heterocycles. The van der Waals surface area contributed by atoms with E-state index in [0.29, 0.717) is 29.5 Å². The summed E-state index contributed by atoms with van der Waals surface area (Å²) in [6.07, 6.45) is 0. The summed E-state index contributed by atoms with van der Waals surface area (Å²) in [6.45, 7) is 8.56. The molecule has 0 bridgehead atoms. The minimum atomic E-state index is -0.711. The zero-order chi connectivity index (χ0) is 22.8.